The smallest absolute Gasteiger partial charge is 0.143 e. The summed E-state index contributed by atoms with van der Waals surface area (Å²) in [6.45, 7) is 104. The van der Waals surface area contributed by atoms with Crippen LogP contribution in [-0.4, -0.2) is 60.4 Å². The van der Waals surface area contributed by atoms with Crippen molar-refractivity contribution in [3.05, 3.63) is 227 Å². The van der Waals surface area contributed by atoms with E-state index in [9.17, 15) is 33.6 Å². The highest BCUT2D eigenvalue weighted by atomic mass is 32.1. The fraction of sp³-hybridized carbons (Fsp3) is 0.659. The van der Waals surface area contributed by atoms with E-state index in [-0.39, 0.29) is 83.2 Å². The molecule has 0 radical (unpaired) electrons. The summed E-state index contributed by atoms with van der Waals surface area (Å²) in [5.41, 5.74) is 5.80. The molecule has 8 rings (SSSR count). The number of rotatable bonds is 48. The molecular weight excluding hydrogens is 1860 g/mol. The molecule has 0 aliphatic rings. The third-order valence-corrected chi connectivity index (χ3v) is 37.2. The van der Waals surface area contributed by atoms with Crippen LogP contribution >= 0.6 is 11.3 Å². The van der Waals surface area contributed by atoms with Crippen molar-refractivity contribution in [2.75, 3.05) is 0 Å². The molecule has 0 saturated heterocycles. The summed E-state index contributed by atoms with van der Waals surface area (Å²) in [7, 11) is 0. The number of aryl methyl sites for hydroxylation is 6. The van der Waals surface area contributed by atoms with Gasteiger partial charge in [-0.25, -0.2) is 9.97 Å². The van der Waals surface area contributed by atoms with Crippen LogP contribution in [0.5, 0.6) is 0 Å². The molecule has 0 aliphatic carbocycles. The first-order chi connectivity index (χ1) is 70.1. The summed E-state index contributed by atoms with van der Waals surface area (Å²) in [6, 6.07) is 50.8. The normalized spacial score (nSPS) is 13.8. The topological polar surface area (TPSA) is 171 Å². The van der Waals surface area contributed by atoms with Gasteiger partial charge in [0.05, 0.1) is 0 Å². The standard InChI is InChI=1S/C19H26OS.3C18H28O.2C17H27NO.C16H26N2O.7C2H6.CH4/c1-6-18(3,4)19(5,7-2)17(20)12-14-13-21-16-11-9-8-10-15(14)16;3*1-6-17(3,4)18(5,7-2)16(19)14-13-15-11-9-8-10-12-15;1-6-16(3,4)17(5,7-2)15(19)11-10-14-9-8-12-18-13-14;1-6-16(3,4)17(5,7-2)15(19)12-11-14-10-8-9-13-18-14;1-6-15(3,4)16(5,7-2)13(19)9-10-14-17-11-8-12-18-14;7*1-2;/h8-11,13H,6-7,12H2,1-5H3;3*8-12H,6-7,13-14H2,1-5H3;8-9,12-13H,6-7,10-11H2,1-5H3;8-10,13H,6-7,11-12H2,1-5H3;8,11-12H,6-7,9-10H2,1-5H3;7*1-2H3;1H4. The van der Waals surface area contributed by atoms with Gasteiger partial charge in [-0.1, -0.05) is 513 Å². The molecule has 7 unspecified atom stereocenters. The predicted octanol–water partition coefficient (Wildman–Crippen LogP) is 41.5. The minimum Gasteiger partial charge on any atom is -0.299 e. The Morgan fingerprint density at radius 2 is 0.467 bits per heavy atom. The number of hydrogen-bond donors (Lipinski definition) is 0. The van der Waals surface area contributed by atoms with Crippen LogP contribution in [0.4, 0.5) is 0 Å². The van der Waals surface area contributed by atoms with Gasteiger partial charge in [-0.2, -0.15) is 0 Å². The number of pyridine rings is 2. The first kappa shape index (κ1) is 155. The van der Waals surface area contributed by atoms with Crippen molar-refractivity contribution in [3.8, 4) is 0 Å². The minimum atomic E-state index is -0.267. The molecule has 0 saturated carbocycles. The Kier molecular flexibility index (Phi) is 81.5. The lowest BCUT2D eigenvalue weighted by atomic mass is 9.60. The summed E-state index contributed by atoms with van der Waals surface area (Å²) in [4.78, 5) is 106. The van der Waals surface area contributed by atoms with Crippen molar-refractivity contribution in [1.29, 1.82) is 0 Å². The second-order valence-electron chi connectivity index (χ2n) is 44.2. The van der Waals surface area contributed by atoms with Gasteiger partial charge in [0, 0.05) is 131 Å². The third kappa shape index (κ3) is 46.5. The Morgan fingerprint density at radius 3 is 0.720 bits per heavy atom. The third-order valence-electron chi connectivity index (χ3n) is 36.2. The number of fused-ring (bicyclic) bond motifs is 1. The van der Waals surface area contributed by atoms with Crippen molar-refractivity contribution in [1.82, 2.24) is 19.9 Å². The van der Waals surface area contributed by atoms with E-state index < -0.39 is 0 Å². The molecule has 4 heterocycles. The van der Waals surface area contributed by atoms with Crippen LogP contribution in [0.1, 0.15) is 514 Å². The van der Waals surface area contributed by atoms with E-state index in [0.717, 1.165) is 139 Å². The molecular formula is C138H236N4O7S. The van der Waals surface area contributed by atoms with Gasteiger partial charge in [-0.3, -0.25) is 43.5 Å². The average molecular weight is 2100 g/mol. The number of carbonyl (C=O) groups excluding carboxylic acids is 7. The molecule has 0 fully saturated rings. The maximum Gasteiger partial charge on any atom is 0.143 e. The number of hydrogen-bond acceptors (Lipinski definition) is 12. The molecule has 0 N–H and O–H groups in total. The second kappa shape index (κ2) is 79.0. The quantitative estimate of drug-likeness (QED) is 0.0355. The number of aromatic nitrogens is 4. The monoisotopic (exact) mass is 2090 g/mol. The summed E-state index contributed by atoms with van der Waals surface area (Å²) in [6.07, 6.45) is 31.3. The SMILES string of the molecule is C.CC.CC.CC.CC.CC.CC.CC.CCC(C)(C)C(C)(CC)C(=O)CCc1ccccc1.CCC(C)(C)C(C)(CC)C(=O)CCc1ccccc1.CCC(C)(C)C(C)(CC)C(=O)CCc1ccccc1.CCC(C)(C)C(C)(CC)C(=O)CCc1ccccn1.CCC(C)(C)C(C)(CC)C(=O)CCc1cccnc1.CCC(C)(C)C(C)(CC)C(=O)CCc1ncccn1.CCC(C)(C)C(C)(CC)C(=O)Cc1csc2ccccc12. The predicted molar refractivity (Wildman–Crippen MR) is 664 cm³/mol. The van der Waals surface area contributed by atoms with E-state index in [1.807, 2.05) is 188 Å². The maximum absolute atomic E-state index is 13.0. The maximum atomic E-state index is 13.0. The van der Waals surface area contributed by atoms with Crippen LogP contribution < -0.4 is 0 Å². The zero-order chi connectivity index (χ0) is 117. The van der Waals surface area contributed by atoms with Gasteiger partial charge in [-0.15, -0.1) is 11.3 Å². The number of ketones is 7. The van der Waals surface area contributed by atoms with Crippen LogP contribution in [0.25, 0.3) is 10.1 Å². The van der Waals surface area contributed by atoms with Gasteiger partial charge in [0.15, 0.2) is 0 Å². The Bertz CT molecular complexity index is 4150. The van der Waals surface area contributed by atoms with Crippen molar-refractivity contribution < 1.29 is 33.6 Å². The summed E-state index contributed by atoms with van der Waals surface area (Å²) < 4.78 is 1.27. The fourth-order valence-electron chi connectivity index (χ4n) is 18.3. The summed E-state index contributed by atoms with van der Waals surface area (Å²) in [5, 5.41) is 3.39. The molecule has 11 nitrogen and oxygen atoms in total. The fourth-order valence-corrected chi connectivity index (χ4v) is 19.2. The lowest BCUT2D eigenvalue weighted by molar-refractivity contribution is -0.135. The lowest BCUT2D eigenvalue weighted by Gasteiger charge is -2.42. The van der Waals surface area contributed by atoms with Crippen LogP contribution in [-0.2, 0) is 78.5 Å². The molecule has 856 valence electrons. The van der Waals surface area contributed by atoms with Gasteiger partial charge in [0.25, 0.3) is 0 Å². The van der Waals surface area contributed by atoms with E-state index in [0.29, 0.717) is 91.8 Å². The highest BCUT2D eigenvalue weighted by Crippen LogP contribution is 2.52. The number of benzene rings is 4. The van der Waals surface area contributed by atoms with Crippen LogP contribution in [0.2, 0.25) is 0 Å². The van der Waals surface area contributed by atoms with E-state index in [2.05, 4.69) is 328 Å². The van der Waals surface area contributed by atoms with Crippen molar-refractivity contribution in [2.24, 2.45) is 75.8 Å². The van der Waals surface area contributed by atoms with E-state index in [1.165, 1.54) is 32.3 Å². The van der Waals surface area contributed by atoms with Crippen LogP contribution in [0.3, 0.4) is 0 Å². The summed E-state index contributed by atoms with van der Waals surface area (Å²) >= 11 is 1.74. The van der Waals surface area contributed by atoms with E-state index in [1.54, 1.807) is 42.2 Å². The zero-order valence-corrected chi connectivity index (χ0v) is 107. The number of thiophene rings is 1. The molecule has 0 spiro atoms. The largest absolute Gasteiger partial charge is 0.299 e. The van der Waals surface area contributed by atoms with Gasteiger partial charge in [0.2, 0.25) is 0 Å². The molecule has 4 aromatic heterocycles. The molecule has 7 atom stereocenters. The Morgan fingerprint density at radius 1 is 0.233 bits per heavy atom. The Hall–Kier alpha value is -8.09. The molecule has 4 aromatic carbocycles. The highest BCUT2D eigenvalue weighted by Gasteiger charge is 2.50. The molecule has 8 aromatic rings. The van der Waals surface area contributed by atoms with Crippen molar-refractivity contribution >= 4 is 61.9 Å². The second-order valence-corrected chi connectivity index (χ2v) is 45.1. The minimum absolute atomic E-state index is 0. The number of carbonyl (C=O) groups is 7. The zero-order valence-electron chi connectivity index (χ0n) is 106. The lowest BCUT2D eigenvalue weighted by Crippen LogP contribution is -2.42. The van der Waals surface area contributed by atoms with Crippen molar-refractivity contribution in [3.63, 3.8) is 0 Å². The first-order valence-corrected chi connectivity index (χ1v) is 59.8. The van der Waals surface area contributed by atoms with Crippen LogP contribution in [0, 0.1) is 75.8 Å². The molecule has 150 heavy (non-hydrogen) atoms. The van der Waals surface area contributed by atoms with Gasteiger partial charge in [0.1, 0.15) is 46.3 Å². The van der Waals surface area contributed by atoms with Crippen molar-refractivity contribution in [2.45, 2.75) is 520 Å². The van der Waals surface area contributed by atoms with Crippen LogP contribution in [0.15, 0.2) is 188 Å². The Labute approximate surface area is 932 Å². The molecule has 0 bridgehead atoms. The van der Waals surface area contributed by atoms with E-state index in [4.69, 9.17) is 0 Å². The van der Waals surface area contributed by atoms with Gasteiger partial charge in [-0.05, 0) is 184 Å². The molecule has 12 heteroatoms. The number of nitrogens with zero attached hydrogens (tertiary/aromatic N) is 4. The Balaban J connectivity index is -0.000000311. The van der Waals surface area contributed by atoms with E-state index >= 15 is 0 Å². The first-order valence-electron chi connectivity index (χ1n) is 58.9. The highest BCUT2D eigenvalue weighted by molar-refractivity contribution is 7.17. The number of Topliss-reactive ketones (excluding diaryl/α,β-unsaturated/α-hetero) is 7. The molecule has 0 aliphatic heterocycles. The summed E-state index contributed by atoms with van der Waals surface area (Å²) in [5.74, 6) is 3.43. The van der Waals surface area contributed by atoms with Gasteiger partial charge >= 0.3 is 0 Å². The molecule has 0 amide bonds. The average Bonchev–Trinajstić information content (AvgIpc) is 1.54. The van der Waals surface area contributed by atoms with Gasteiger partial charge < -0.3 is 0 Å².